The van der Waals surface area contributed by atoms with Gasteiger partial charge >= 0.3 is 0 Å². The summed E-state index contributed by atoms with van der Waals surface area (Å²) >= 11 is 9.73. The zero-order valence-electron chi connectivity index (χ0n) is 14.0. The van der Waals surface area contributed by atoms with E-state index in [9.17, 15) is 4.79 Å². The molecule has 1 atom stereocenters. The first-order valence-corrected chi connectivity index (χ1v) is 10.5. The molecular formula is C16H21ClN4OS2. The Balaban J connectivity index is 2.18. The maximum atomic E-state index is 12.8. The minimum absolute atomic E-state index is 0.0521. The number of thioether (sulfide) groups is 2. The van der Waals surface area contributed by atoms with Gasteiger partial charge in [0, 0.05) is 24.2 Å². The fraction of sp³-hybridized carbons (Fsp3) is 0.438. The number of anilines is 1. The quantitative estimate of drug-likeness (QED) is 0.648. The van der Waals surface area contributed by atoms with E-state index in [-0.39, 0.29) is 11.2 Å². The van der Waals surface area contributed by atoms with E-state index in [4.69, 9.17) is 11.6 Å². The zero-order chi connectivity index (χ0) is 17.5. The standard InChI is InChI=1S/C16H21ClN4OS2/c1-4-20(16(22)12(2)24-9-8-23-3)14-11-21(19-15(14)17)13-6-5-7-18-10-13/h5-7,10-12H,4,8-9H2,1-3H3. The van der Waals surface area contributed by atoms with E-state index in [2.05, 4.69) is 16.3 Å². The van der Waals surface area contributed by atoms with Crippen LogP contribution < -0.4 is 4.90 Å². The van der Waals surface area contributed by atoms with E-state index in [1.54, 1.807) is 51.7 Å². The average Bonchev–Trinajstić information content (AvgIpc) is 2.98. The Hall–Kier alpha value is -1.18. The summed E-state index contributed by atoms with van der Waals surface area (Å²) < 4.78 is 1.64. The number of aromatic nitrogens is 3. The Morgan fingerprint density at radius 1 is 1.46 bits per heavy atom. The summed E-state index contributed by atoms with van der Waals surface area (Å²) in [6.45, 7) is 4.43. The second-order valence-electron chi connectivity index (χ2n) is 5.05. The van der Waals surface area contributed by atoms with Crippen LogP contribution in [0.3, 0.4) is 0 Å². The van der Waals surface area contributed by atoms with E-state index >= 15 is 0 Å². The first kappa shape index (κ1) is 19.1. The third-order valence-electron chi connectivity index (χ3n) is 3.44. The van der Waals surface area contributed by atoms with E-state index in [0.29, 0.717) is 17.4 Å². The summed E-state index contributed by atoms with van der Waals surface area (Å²) in [5.74, 6) is 2.04. The molecule has 130 valence electrons. The maximum absolute atomic E-state index is 12.8. The van der Waals surface area contributed by atoms with Crippen molar-refractivity contribution >= 4 is 46.7 Å². The van der Waals surface area contributed by atoms with E-state index in [0.717, 1.165) is 17.2 Å². The Morgan fingerprint density at radius 3 is 2.88 bits per heavy atom. The molecule has 24 heavy (non-hydrogen) atoms. The van der Waals surface area contributed by atoms with Gasteiger partial charge in [-0.05, 0) is 32.2 Å². The summed E-state index contributed by atoms with van der Waals surface area (Å²) in [5, 5.41) is 4.50. The molecular weight excluding hydrogens is 364 g/mol. The fourth-order valence-electron chi connectivity index (χ4n) is 2.19. The Labute approximate surface area is 156 Å². The van der Waals surface area contributed by atoms with Crippen LogP contribution in [0.15, 0.2) is 30.7 Å². The lowest BCUT2D eigenvalue weighted by Gasteiger charge is -2.23. The lowest BCUT2D eigenvalue weighted by atomic mass is 10.3. The normalized spacial score (nSPS) is 12.2. The van der Waals surface area contributed by atoms with Crippen LogP contribution in [0.5, 0.6) is 0 Å². The van der Waals surface area contributed by atoms with Gasteiger partial charge in [-0.15, -0.1) is 11.8 Å². The SMILES string of the molecule is CCN(C(=O)C(C)SCCSC)c1cn(-c2cccnc2)nc1Cl. The Morgan fingerprint density at radius 2 is 2.25 bits per heavy atom. The van der Waals surface area contributed by atoms with Crippen LogP contribution in [0.2, 0.25) is 5.15 Å². The summed E-state index contributed by atoms with van der Waals surface area (Å²) in [6, 6.07) is 3.72. The smallest absolute Gasteiger partial charge is 0.239 e. The summed E-state index contributed by atoms with van der Waals surface area (Å²) in [5.41, 5.74) is 1.43. The van der Waals surface area contributed by atoms with Gasteiger partial charge in [0.15, 0.2) is 5.15 Å². The highest BCUT2D eigenvalue weighted by Gasteiger charge is 2.24. The molecule has 0 N–H and O–H groups in total. The molecule has 0 spiro atoms. The molecule has 0 radical (unpaired) electrons. The average molecular weight is 385 g/mol. The van der Waals surface area contributed by atoms with Crippen molar-refractivity contribution in [3.63, 3.8) is 0 Å². The third-order valence-corrected chi connectivity index (χ3v) is 5.72. The van der Waals surface area contributed by atoms with Crippen LogP contribution in [-0.4, -0.2) is 50.2 Å². The van der Waals surface area contributed by atoms with Crippen molar-refractivity contribution in [2.75, 3.05) is 29.2 Å². The number of pyridine rings is 1. The van der Waals surface area contributed by atoms with Crippen LogP contribution in [0.25, 0.3) is 5.69 Å². The highest BCUT2D eigenvalue weighted by Crippen LogP contribution is 2.28. The van der Waals surface area contributed by atoms with Crippen LogP contribution in [-0.2, 0) is 4.79 Å². The van der Waals surface area contributed by atoms with E-state index in [1.807, 2.05) is 26.0 Å². The number of carbonyl (C=O) groups excluding carboxylic acids is 1. The topological polar surface area (TPSA) is 51.0 Å². The second kappa shape index (κ2) is 9.34. The van der Waals surface area contributed by atoms with Crippen molar-refractivity contribution in [3.05, 3.63) is 35.9 Å². The van der Waals surface area contributed by atoms with Gasteiger partial charge in [0.25, 0.3) is 0 Å². The predicted molar refractivity (Wildman–Crippen MR) is 105 cm³/mol. The summed E-state index contributed by atoms with van der Waals surface area (Å²) in [4.78, 5) is 18.5. The van der Waals surface area contributed by atoms with Crippen LogP contribution in [0.1, 0.15) is 13.8 Å². The highest BCUT2D eigenvalue weighted by molar-refractivity contribution is 8.03. The van der Waals surface area contributed by atoms with Crippen molar-refractivity contribution < 1.29 is 4.79 Å². The lowest BCUT2D eigenvalue weighted by molar-refractivity contribution is -0.117. The number of nitrogens with zero attached hydrogens (tertiary/aromatic N) is 4. The maximum Gasteiger partial charge on any atom is 0.239 e. The summed E-state index contributed by atoms with van der Waals surface area (Å²) in [7, 11) is 0. The van der Waals surface area contributed by atoms with Crippen molar-refractivity contribution in [3.8, 4) is 5.69 Å². The molecule has 0 fully saturated rings. The molecule has 2 aromatic heterocycles. The monoisotopic (exact) mass is 384 g/mol. The van der Waals surface area contributed by atoms with Gasteiger partial charge in [-0.2, -0.15) is 16.9 Å². The molecule has 0 saturated carbocycles. The van der Waals surface area contributed by atoms with Crippen LogP contribution >= 0.6 is 35.1 Å². The molecule has 0 aliphatic heterocycles. The number of hydrogen-bond donors (Lipinski definition) is 0. The molecule has 1 unspecified atom stereocenters. The van der Waals surface area contributed by atoms with Crippen LogP contribution in [0, 0.1) is 0 Å². The van der Waals surface area contributed by atoms with E-state index < -0.39 is 0 Å². The van der Waals surface area contributed by atoms with Crippen molar-refractivity contribution in [2.45, 2.75) is 19.1 Å². The van der Waals surface area contributed by atoms with Gasteiger partial charge in [0.05, 0.1) is 23.3 Å². The molecule has 0 bridgehead atoms. The Bertz CT molecular complexity index is 665. The van der Waals surface area contributed by atoms with Crippen molar-refractivity contribution in [1.29, 1.82) is 0 Å². The molecule has 8 heteroatoms. The van der Waals surface area contributed by atoms with E-state index in [1.165, 1.54) is 0 Å². The number of halogens is 1. The molecule has 0 aromatic carbocycles. The first-order chi connectivity index (χ1) is 11.6. The van der Waals surface area contributed by atoms with Gasteiger partial charge in [-0.25, -0.2) is 4.68 Å². The predicted octanol–water partition coefficient (Wildman–Crippen LogP) is 3.76. The molecule has 0 aliphatic rings. The number of rotatable bonds is 8. The largest absolute Gasteiger partial charge is 0.308 e. The highest BCUT2D eigenvalue weighted by atomic mass is 35.5. The second-order valence-corrected chi connectivity index (χ2v) is 7.84. The minimum Gasteiger partial charge on any atom is -0.308 e. The molecule has 2 rings (SSSR count). The number of hydrogen-bond acceptors (Lipinski definition) is 5. The number of amides is 1. The molecule has 0 saturated heterocycles. The molecule has 1 amide bonds. The zero-order valence-corrected chi connectivity index (χ0v) is 16.4. The van der Waals surface area contributed by atoms with Gasteiger partial charge in [0.1, 0.15) is 5.69 Å². The molecule has 2 heterocycles. The van der Waals surface area contributed by atoms with Gasteiger partial charge in [-0.3, -0.25) is 9.78 Å². The molecule has 2 aromatic rings. The summed E-state index contributed by atoms with van der Waals surface area (Å²) in [6.07, 6.45) is 7.25. The third kappa shape index (κ3) is 4.68. The number of carbonyl (C=O) groups is 1. The minimum atomic E-state index is -0.116. The lowest BCUT2D eigenvalue weighted by Crippen LogP contribution is -2.36. The van der Waals surface area contributed by atoms with Crippen molar-refractivity contribution in [2.24, 2.45) is 0 Å². The van der Waals surface area contributed by atoms with Crippen LogP contribution in [0.4, 0.5) is 5.69 Å². The van der Waals surface area contributed by atoms with Gasteiger partial charge in [-0.1, -0.05) is 11.6 Å². The first-order valence-electron chi connectivity index (χ1n) is 7.66. The van der Waals surface area contributed by atoms with Gasteiger partial charge in [0.2, 0.25) is 5.91 Å². The fourth-order valence-corrected chi connectivity index (χ4v) is 4.10. The van der Waals surface area contributed by atoms with Gasteiger partial charge < -0.3 is 4.90 Å². The molecule has 5 nitrogen and oxygen atoms in total. The Kier molecular flexibility index (Phi) is 7.45. The van der Waals surface area contributed by atoms with Crippen molar-refractivity contribution in [1.82, 2.24) is 14.8 Å². The molecule has 0 aliphatic carbocycles.